The summed E-state index contributed by atoms with van der Waals surface area (Å²) in [5, 5.41) is 0. The van der Waals surface area contributed by atoms with Crippen LogP contribution in [0.25, 0.3) is 0 Å². The van der Waals surface area contributed by atoms with Crippen LogP contribution in [-0.4, -0.2) is 37.2 Å². The van der Waals surface area contributed by atoms with Crippen molar-refractivity contribution in [3.63, 3.8) is 0 Å². The molecule has 0 aromatic carbocycles. The SMILES string of the molecule is CCC(C)CCCCCCCCCCCCCCCCCCCCC(=O)OC[C@@H](COC(=O)CCCCCCCCCCCCCCCC(C)C)OC(=O)CCCCCCCCCCCCC(C)CC. The van der Waals surface area contributed by atoms with Crippen molar-refractivity contribution in [2.24, 2.45) is 17.8 Å². The van der Waals surface area contributed by atoms with Gasteiger partial charge in [-0.2, -0.15) is 0 Å². The van der Waals surface area contributed by atoms with Gasteiger partial charge in [-0.3, -0.25) is 14.4 Å². The quantitative estimate of drug-likeness (QED) is 0.0343. The molecule has 70 heavy (non-hydrogen) atoms. The molecule has 0 radical (unpaired) electrons. The number of hydrogen-bond acceptors (Lipinski definition) is 6. The van der Waals surface area contributed by atoms with E-state index in [9.17, 15) is 14.4 Å². The van der Waals surface area contributed by atoms with Crippen LogP contribution in [0.2, 0.25) is 0 Å². The second-order valence-corrected chi connectivity index (χ2v) is 23.0. The van der Waals surface area contributed by atoms with E-state index in [0.29, 0.717) is 19.3 Å². The van der Waals surface area contributed by atoms with Gasteiger partial charge in [0.1, 0.15) is 13.2 Å². The van der Waals surface area contributed by atoms with Gasteiger partial charge in [-0.25, -0.2) is 0 Å². The van der Waals surface area contributed by atoms with Gasteiger partial charge in [-0.1, -0.05) is 318 Å². The molecular weight excluding hydrogens is 865 g/mol. The summed E-state index contributed by atoms with van der Waals surface area (Å²) >= 11 is 0. The van der Waals surface area contributed by atoms with E-state index in [1.165, 1.54) is 238 Å². The molecule has 0 aliphatic heterocycles. The van der Waals surface area contributed by atoms with Crippen molar-refractivity contribution in [3.05, 3.63) is 0 Å². The Hall–Kier alpha value is -1.59. The topological polar surface area (TPSA) is 78.9 Å². The summed E-state index contributed by atoms with van der Waals surface area (Å²) in [6.07, 6.45) is 59.5. The Kier molecular flexibility index (Phi) is 53.9. The van der Waals surface area contributed by atoms with Crippen molar-refractivity contribution in [2.75, 3.05) is 13.2 Å². The van der Waals surface area contributed by atoms with Gasteiger partial charge >= 0.3 is 17.9 Å². The molecule has 0 N–H and O–H groups in total. The molecule has 416 valence electrons. The van der Waals surface area contributed by atoms with Crippen LogP contribution in [0.15, 0.2) is 0 Å². The minimum absolute atomic E-state index is 0.0630. The minimum Gasteiger partial charge on any atom is -0.462 e. The molecule has 0 saturated heterocycles. The molecule has 0 saturated carbocycles. The lowest BCUT2D eigenvalue weighted by Gasteiger charge is -2.18. The summed E-state index contributed by atoms with van der Waals surface area (Å²) in [6.45, 7) is 13.9. The number of ether oxygens (including phenoxy) is 3. The number of hydrogen-bond donors (Lipinski definition) is 0. The summed E-state index contributed by atoms with van der Waals surface area (Å²) in [5.74, 6) is 1.78. The van der Waals surface area contributed by atoms with Gasteiger partial charge in [0.2, 0.25) is 0 Å². The average molecular weight is 990 g/mol. The molecule has 0 bridgehead atoms. The molecule has 6 nitrogen and oxygen atoms in total. The van der Waals surface area contributed by atoms with Gasteiger partial charge in [0.25, 0.3) is 0 Å². The fraction of sp³-hybridized carbons (Fsp3) is 0.953. The van der Waals surface area contributed by atoms with Crippen LogP contribution in [0.1, 0.15) is 356 Å². The minimum atomic E-state index is -0.764. The predicted octanol–water partition coefficient (Wildman–Crippen LogP) is 21.1. The van der Waals surface area contributed by atoms with Gasteiger partial charge in [0.05, 0.1) is 0 Å². The van der Waals surface area contributed by atoms with E-state index in [0.717, 1.165) is 75.5 Å². The summed E-state index contributed by atoms with van der Waals surface area (Å²) in [6, 6.07) is 0. The standard InChI is InChI=1S/C64H124O6/c1-7-59(5)51-45-39-33-27-21-17-13-11-9-10-12-14-18-22-29-35-41-47-53-62(65)68-56-61(70-64(67)55-49-43-37-31-25-24-28-34-40-46-52-60(6)8-2)57-69-63(66)54-48-42-36-30-23-19-15-16-20-26-32-38-44-50-58(3)4/h58-61H,7-57H2,1-6H3/t59?,60?,61-/m0/s1. The number of rotatable bonds is 57. The normalized spacial score (nSPS) is 12.9. The molecule has 3 atom stereocenters. The number of carbonyl (C=O) groups excluding carboxylic acids is 3. The fourth-order valence-corrected chi connectivity index (χ4v) is 9.82. The van der Waals surface area contributed by atoms with E-state index in [-0.39, 0.29) is 31.1 Å². The molecule has 0 heterocycles. The molecule has 0 aliphatic carbocycles. The summed E-state index contributed by atoms with van der Waals surface area (Å²) in [4.78, 5) is 38.3. The largest absolute Gasteiger partial charge is 0.462 e. The zero-order valence-corrected chi connectivity index (χ0v) is 48.3. The summed E-state index contributed by atoms with van der Waals surface area (Å²) < 4.78 is 16.9. The first-order valence-electron chi connectivity index (χ1n) is 31.7. The van der Waals surface area contributed by atoms with Crippen LogP contribution >= 0.6 is 0 Å². The summed E-state index contributed by atoms with van der Waals surface area (Å²) in [5.41, 5.74) is 0. The van der Waals surface area contributed by atoms with E-state index in [1.54, 1.807) is 0 Å². The molecule has 0 fully saturated rings. The van der Waals surface area contributed by atoms with Gasteiger partial charge in [0, 0.05) is 19.3 Å². The lowest BCUT2D eigenvalue weighted by atomic mass is 9.99. The monoisotopic (exact) mass is 989 g/mol. The Morgan fingerprint density at radius 3 is 0.743 bits per heavy atom. The van der Waals surface area contributed by atoms with Crippen LogP contribution in [0, 0.1) is 17.8 Å². The van der Waals surface area contributed by atoms with Crippen molar-refractivity contribution < 1.29 is 28.6 Å². The molecule has 0 aliphatic rings. The lowest BCUT2D eigenvalue weighted by Crippen LogP contribution is -2.30. The Morgan fingerprint density at radius 1 is 0.286 bits per heavy atom. The molecule has 0 aromatic rings. The number of unbranched alkanes of at least 4 members (excludes halogenated alkanes) is 38. The van der Waals surface area contributed by atoms with E-state index in [2.05, 4.69) is 41.5 Å². The van der Waals surface area contributed by atoms with Crippen LogP contribution in [-0.2, 0) is 28.6 Å². The Bertz CT molecular complexity index is 1090. The predicted molar refractivity (Wildman–Crippen MR) is 303 cm³/mol. The lowest BCUT2D eigenvalue weighted by molar-refractivity contribution is -0.167. The third-order valence-corrected chi connectivity index (χ3v) is 15.4. The van der Waals surface area contributed by atoms with Crippen LogP contribution in [0.5, 0.6) is 0 Å². The van der Waals surface area contributed by atoms with Gasteiger partial charge < -0.3 is 14.2 Å². The van der Waals surface area contributed by atoms with E-state index in [1.807, 2.05) is 0 Å². The average Bonchev–Trinajstić information content (AvgIpc) is 3.35. The van der Waals surface area contributed by atoms with Crippen molar-refractivity contribution in [1.82, 2.24) is 0 Å². The second-order valence-electron chi connectivity index (χ2n) is 23.0. The van der Waals surface area contributed by atoms with Crippen LogP contribution in [0.3, 0.4) is 0 Å². The fourth-order valence-electron chi connectivity index (χ4n) is 9.82. The van der Waals surface area contributed by atoms with E-state index in [4.69, 9.17) is 14.2 Å². The van der Waals surface area contributed by atoms with Crippen molar-refractivity contribution in [2.45, 2.75) is 362 Å². The van der Waals surface area contributed by atoms with Gasteiger partial charge in [-0.05, 0) is 37.0 Å². The van der Waals surface area contributed by atoms with Gasteiger partial charge in [0.15, 0.2) is 6.10 Å². The number of carbonyl (C=O) groups is 3. The van der Waals surface area contributed by atoms with Crippen molar-refractivity contribution in [1.29, 1.82) is 0 Å². The number of esters is 3. The summed E-state index contributed by atoms with van der Waals surface area (Å²) in [7, 11) is 0. The van der Waals surface area contributed by atoms with Crippen LogP contribution in [0.4, 0.5) is 0 Å². The Balaban J connectivity index is 4.25. The zero-order chi connectivity index (χ0) is 51.2. The Morgan fingerprint density at radius 2 is 0.500 bits per heavy atom. The van der Waals surface area contributed by atoms with E-state index >= 15 is 0 Å². The highest BCUT2D eigenvalue weighted by molar-refractivity contribution is 5.71. The molecule has 0 amide bonds. The van der Waals surface area contributed by atoms with Crippen molar-refractivity contribution in [3.8, 4) is 0 Å². The van der Waals surface area contributed by atoms with E-state index < -0.39 is 6.10 Å². The van der Waals surface area contributed by atoms with Crippen LogP contribution < -0.4 is 0 Å². The first-order chi connectivity index (χ1) is 34.2. The molecule has 6 heteroatoms. The third-order valence-electron chi connectivity index (χ3n) is 15.4. The highest BCUT2D eigenvalue weighted by atomic mass is 16.6. The highest BCUT2D eigenvalue weighted by Crippen LogP contribution is 2.20. The molecular formula is C64H124O6. The first kappa shape index (κ1) is 68.4. The third kappa shape index (κ3) is 54.2. The first-order valence-corrected chi connectivity index (χ1v) is 31.7. The smallest absolute Gasteiger partial charge is 0.306 e. The maximum Gasteiger partial charge on any atom is 0.306 e. The molecule has 0 aromatic heterocycles. The Labute approximate surface area is 438 Å². The maximum atomic E-state index is 12.9. The van der Waals surface area contributed by atoms with Crippen molar-refractivity contribution >= 4 is 17.9 Å². The zero-order valence-electron chi connectivity index (χ0n) is 48.3. The molecule has 0 spiro atoms. The second kappa shape index (κ2) is 55.2. The van der Waals surface area contributed by atoms with Gasteiger partial charge in [-0.15, -0.1) is 0 Å². The molecule has 0 rings (SSSR count). The maximum absolute atomic E-state index is 12.9. The molecule has 2 unspecified atom stereocenters. The highest BCUT2D eigenvalue weighted by Gasteiger charge is 2.19.